The second-order valence-electron chi connectivity index (χ2n) is 5.55. The highest BCUT2D eigenvalue weighted by atomic mass is 35.5. The van der Waals surface area contributed by atoms with Crippen LogP contribution in [0.5, 0.6) is 0 Å². The Balaban J connectivity index is 1.97. The van der Waals surface area contributed by atoms with Gasteiger partial charge in [-0.25, -0.2) is 0 Å². The van der Waals surface area contributed by atoms with E-state index in [4.69, 9.17) is 22.1 Å². The number of nitriles is 2. The first-order valence-electron chi connectivity index (χ1n) is 8.14. The molecule has 1 amide bonds. The largest absolute Gasteiger partial charge is 0.337 e. The van der Waals surface area contributed by atoms with Crippen LogP contribution in [0.2, 0.25) is 5.02 Å². The topological polar surface area (TPSA) is 67.9 Å². The summed E-state index contributed by atoms with van der Waals surface area (Å²) in [5, 5.41) is 18.2. The van der Waals surface area contributed by atoms with Crippen molar-refractivity contribution in [3.05, 3.63) is 64.7 Å². The summed E-state index contributed by atoms with van der Waals surface area (Å²) in [6.07, 6.45) is 0.514. The van der Waals surface area contributed by atoms with Crippen molar-refractivity contribution in [2.75, 3.05) is 13.1 Å². The minimum absolute atomic E-state index is 0.146. The Bertz CT molecular complexity index is 789. The van der Waals surface area contributed by atoms with Crippen LogP contribution >= 0.6 is 23.4 Å². The van der Waals surface area contributed by atoms with E-state index in [9.17, 15) is 4.79 Å². The predicted octanol–water partition coefficient (Wildman–Crippen LogP) is 4.90. The number of thioether (sulfide) groups is 1. The lowest BCUT2D eigenvalue weighted by molar-refractivity contribution is 0.0762. The average Bonchev–Trinajstić information content (AvgIpc) is 2.67. The summed E-state index contributed by atoms with van der Waals surface area (Å²) in [7, 11) is 0. The van der Waals surface area contributed by atoms with Crippen molar-refractivity contribution in [2.45, 2.75) is 23.5 Å². The fraction of sp³-hybridized carbons (Fsp3) is 0.250. The normalized spacial score (nSPS) is 9.96. The van der Waals surface area contributed by atoms with Gasteiger partial charge in [0.25, 0.3) is 5.91 Å². The van der Waals surface area contributed by atoms with Gasteiger partial charge in [-0.05, 0) is 42.0 Å². The van der Waals surface area contributed by atoms with Gasteiger partial charge >= 0.3 is 0 Å². The zero-order valence-corrected chi connectivity index (χ0v) is 15.8. The molecular weight excluding hydrogens is 366 g/mol. The molecule has 2 rings (SSSR count). The van der Waals surface area contributed by atoms with Crippen LogP contribution in [0.15, 0.2) is 53.4 Å². The molecule has 2 aromatic carbocycles. The third kappa shape index (κ3) is 6.11. The molecule has 0 aliphatic carbocycles. The number of rotatable bonds is 8. The summed E-state index contributed by atoms with van der Waals surface area (Å²) < 4.78 is 0. The lowest BCUT2D eigenvalue weighted by Gasteiger charge is -2.20. The van der Waals surface area contributed by atoms with Crippen LogP contribution in [0.3, 0.4) is 0 Å². The van der Waals surface area contributed by atoms with Crippen molar-refractivity contribution in [2.24, 2.45) is 0 Å². The lowest BCUT2D eigenvalue weighted by atomic mass is 10.1. The number of amides is 1. The highest BCUT2D eigenvalue weighted by molar-refractivity contribution is 7.98. The lowest BCUT2D eigenvalue weighted by Crippen LogP contribution is -2.32. The summed E-state index contributed by atoms with van der Waals surface area (Å²) in [6, 6.07) is 19.2. The molecule has 0 radical (unpaired) electrons. The van der Waals surface area contributed by atoms with Crippen LogP contribution in [-0.2, 0) is 5.75 Å². The van der Waals surface area contributed by atoms with Crippen LogP contribution in [0.4, 0.5) is 0 Å². The van der Waals surface area contributed by atoms with Crippen LogP contribution in [0.1, 0.15) is 28.8 Å². The molecule has 6 heteroatoms. The van der Waals surface area contributed by atoms with Crippen molar-refractivity contribution in [1.29, 1.82) is 10.5 Å². The molecule has 0 aromatic heterocycles. The number of nitrogens with zero attached hydrogens (tertiary/aromatic N) is 3. The highest BCUT2D eigenvalue weighted by Gasteiger charge is 2.15. The van der Waals surface area contributed by atoms with Crippen molar-refractivity contribution in [3.63, 3.8) is 0 Å². The number of halogens is 1. The van der Waals surface area contributed by atoms with E-state index in [1.807, 2.05) is 48.5 Å². The number of hydrogen-bond acceptors (Lipinski definition) is 4. The van der Waals surface area contributed by atoms with E-state index in [1.54, 1.807) is 28.8 Å². The third-order valence-corrected chi connectivity index (χ3v) is 5.03. The van der Waals surface area contributed by atoms with Gasteiger partial charge in [0.15, 0.2) is 0 Å². The van der Waals surface area contributed by atoms with Gasteiger partial charge in [-0.15, -0.1) is 11.8 Å². The van der Waals surface area contributed by atoms with E-state index in [1.165, 1.54) is 0 Å². The minimum Gasteiger partial charge on any atom is -0.337 e. The van der Waals surface area contributed by atoms with Gasteiger partial charge in [-0.3, -0.25) is 4.79 Å². The molecule has 0 unspecified atom stereocenters. The maximum atomic E-state index is 12.6. The first-order chi connectivity index (χ1) is 12.6. The van der Waals surface area contributed by atoms with Crippen LogP contribution in [-0.4, -0.2) is 23.9 Å². The first-order valence-corrected chi connectivity index (χ1v) is 9.51. The fourth-order valence-electron chi connectivity index (χ4n) is 2.31. The molecule has 26 heavy (non-hydrogen) atoms. The van der Waals surface area contributed by atoms with E-state index >= 15 is 0 Å². The van der Waals surface area contributed by atoms with Gasteiger partial charge < -0.3 is 4.90 Å². The van der Waals surface area contributed by atoms with Crippen molar-refractivity contribution in [1.82, 2.24) is 4.90 Å². The number of hydrogen-bond donors (Lipinski definition) is 0. The van der Waals surface area contributed by atoms with Crippen molar-refractivity contribution in [3.8, 4) is 12.1 Å². The summed E-state index contributed by atoms with van der Waals surface area (Å²) in [5.74, 6) is 0.648. The van der Waals surface area contributed by atoms with Gasteiger partial charge in [-0.2, -0.15) is 10.5 Å². The molecule has 2 aromatic rings. The van der Waals surface area contributed by atoms with E-state index in [2.05, 4.69) is 0 Å². The van der Waals surface area contributed by atoms with Crippen LogP contribution in [0.25, 0.3) is 0 Å². The summed E-state index contributed by atoms with van der Waals surface area (Å²) in [5.41, 5.74) is 1.68. The second-order valence-corrected chi connectivity index (χ2v) is 7.03. The van der Waals surface area contributed by atoms with Crippen LogP contribution < -0.4 is 0 Å². The van der Waals surface area contributed by atoms with Gasteiger partial charge in [-0.1, -0.05) is 23.7 Å². The van der Waals surface area contributed by atoms with Gasteiger partial charge in [0, 0.05) is 34.3 Å². The number of carbonyl (C=O) groups excluding carboxylic acids is 1. The van der Waals surface area contributed by atoms with Gasteiger partial charge in [0.1, 0.15) is 0 Å². The maximum absolute atomic E-state index is 12.6. The third-order valence-electron chi connectivity index (χ3n) is 3.69. The SMILES string of the molecule is N#CCCN(CCC#N)C(=O)c1ccc(CSc2ccc(Cl)cc2)cc1. The molecule has 0 spiro atoms. The molecule has 4 nitrogen and oxygen atoms in total. The molecule has 0 aliphatic heterocycles. The molecule has 0 fully saturated rings. The standard InChI is InChI=1S/C20H18ClN3OS/c21-18-7-9-19(10-8-18)26-15-16-3-5-17(6-4-16)20(25)24(13-1-11-22)14-2-12-23/h3-10H,1-2,13-15H2. The molecule has 0 bridgehead atoms. The van der Waals surface area contributed by atoms with E-state index in [0.717, 1.165) is 21.2 Å². The Morgan fingerprint density at radius 2 is 1.54 bits per heavy atom. The zero-order chi connectivity index (χ0) is 18.8. The Morgan fingerprint density at radius 3 is 2.08 bits per heavy atom. The van der Waals surface area contributed by atoms with Crippen molar-refractivity contribution < 1.29 is 4.79 Å². The Kier molecular flexibility index (Phi) is 8.02. The molecule has 0 atom stereocenters. The minimum atomic E-state index is -0.146. The van der Waals surface area contributed by atoms with E-state index in [-0.39, 0.29) is 18.7 Å². The number of benzene rings is 2. The van der Waals surface area contributed by atoms with Crippen molar-refractivity contribution >= 4 is 29.3 Å². The molecule has 0 saturated heterocycles. The molecular formula is C20H18ClN3OS. The zero-order valence-electron chi connectivity index (χ0n) is 14.2. The fourth-order valence-corrected chi connectivity index (χ4v) is 3.29. The maximum Gasteiger partial charge on any atom is 0.253 e. The highest BCUT2D eigenvalue weighted by Crippen LogP contribution is 2.24. The molecule has 0 aliphatic rings. The second kappa shape index (κ2) is 10.5. The smallest absolute Gasteiger partial charge is 0.253 e. The van der Waals surface area contributed by atoms with E-state index < -0.39 is 0 Å². The monoisotopic (exact) mass is 383 g/mol. The Hall–Kier alpha value is -2.47. The molecule has 0 heterocycles. The molecule has 0 saturated carbocycles. The predicted molar refractivity (Wildman–Crippen MR) is 104 cm³/mol. The molecule has 0 N–H and O–H groups in total. The Labute approximate surface area is 163 Å². The van der Waals surface area contributed by atoms with Gasteiger partial charge in [0.05, 0.1) is 25.0 Å². The summed E-state index contributed by atoms with van der Waals surface area (Å²) >= 11 is 7.58. The Morgan fingerprint density at radius 1 is 0.962 bits per heavy atom. The quantitative estimate of drug-likeness (QED) is 0.608. The van der Waals surface area contributed by atoms with Crippen LogP contribution in [0, 0.1) is 22.7 Å². The number of carbonyl (C=O) groups is 1. The summed E-state index contributed by atoms with van der Waals surface area (Å²) in [4.78, 5) is 15.3. The average molecular weight is 384 g/mol. The van der Waals surface area contributed by atoms with E-state index in [0.29, 0.717) is 18.7 Å². The van der Waals surface area contributed by atoms with Gasteiger partial charge in [0.2, 0.25) is 0 Å². The summed E-state index contributed by atoms with van der Waals surface area (Å²) in [6.45, 7) is 0.677. The molecule has 132 valence electrons. The first kappa shape index (κ1) is 19.8.